The van der Waals surface area contributed by atoms with Crippen LogP contribution in [0.4, 0.5) is 0 Å². The summed E-state index contributed by atoms with van der Waals surface area (Å²) in [6.45, 7) is 0. The number of hydrazine groups is 1. The van der Waals surface area contributed by atoms with Gasteiger partial charge in [-0.05, 0) is 17.7 Å². The highest BCUT2D eigenvalue weighted by molar-refractivity contribution is 5.94. The topological polar surface area (TPSA) is 67.4 Å². The number of esters is 1. The van der Waals surface area contributed by atoms with E-state index in [2.05, 4.69) is 10.9 Å². The number of hydrogen-bond donors (Lipinski definition) is 2. The van der Waals surface area contributed by atoms with Gasteiger partial charge in [0.05, 0.1) is 7.11 Å². The van der Waals surface area contributed by atoms with Crippen molar-refractivity contribution in [1.82, 2.24) is 10.9 Å². The molecule has 0 saturated heterocycles. The Morgan fingerprint density at radius 3 is 2.10 bits per heavy atom. The van der Waals surface area contributed by atoms with Crippen molar-refractivity contribution in [2.75, 3.05) is 7.11 Å². The lowest BCUT2D eigenvalue weighted by atomic mass is 10.1. The van der Waals surface area contributed by atoms with E-state index in [1.807, 2.05) is 24.3 Å². The van der Waals surface area contributed by atoms with Crippen LogP contribution in [0.2, 0.25) is 0 Å². The van der Waals surface area contributed by atoms with Gasteiger partial charge in [0.1, 0.15) is 6.04 Å². The lowest BCUT2D eigenvalue weighted by molar-refractivity contribution is -0.143. The van der Waals surface area contributed by atoms with E-state index in [0.29, 0.717) is 11.1 Å². The molecule has 0 aromatic heterocycles. The maximum absolute atomic E-state index is 12.0. The number of methoxy groups -OCH3 is 1. The van der Waals surface area contributed by atoms with E-state index in [1.54, 1.807) is 36.4 Å². The van der Waals surface area contributed by atoms with Crippen molar-refractivity contribution < 1.29 is 14.3 Å². The molecule has 0 fully saturated rings. The summed E-state index contributed by atoms with van der Waals surface area (Å²) in [7, 11) is 1.30. The number of hydrogen-bond acceptors (Lipinski definition) is 4. The summed E-state index contributed by atoms with van der Waals surface area (Å²) < 4.78 is 4.75. The molecule has 0 aliphatic heterocycles. The highest BCUT2D eigenvalue weighted by Gasteiger charge is 2.21. The minimum absolute atomic E-state index is 0.319. The maximum Gasteiger partial charge on any atom is 0.329 e. The van der Waals surface area contributed by atoms with Gasteiger partial charge >= 0.3 is 5.97 Å². The van der Waals surface area contributed by atoms with E-state index >= 15 is 0 Å². The summed E-state index contributed by atoms with van der Waals surface area (Å²) in [5, 5.41) is 0. The third-order valence-corrected chi connectivity index (χ3v) is 2.94. The quantitative estimate of drug-likeness (QED) is 0.649. The fourth-order valence-corrected chi connectivity index (χ4v) is 1.84. The van der Waals surface area contributed by atoms with Gasteiger partial charge < -0.3 is 4.74 Å². The first-order chi connectivity index (χ1) is 10.2. The van der Waals surface area contributed by atoms with Crippen molar-refractivity contribution in [3.63, 3.8) is 0 Å². The molecule has 0 unspecified atom stereocenters. The highest BCUT2D eigenvalue weighted by atomic mass is 16.5. The maximum atomic E-state index is 12.0. The van der Waals surface area contributed by atoms with Gasteiger partial charge in [-0.15, -0.1) is 0 Å². The smallest absolute Gasteiger partial charge is 0.329 e. The SMILES string of the molecule is COC(=O)[C@@H](NNC(=O)c1ccccc1)c1ccccc1. The molecule has 5 nitrogen and oxygen atoms in total. The largest absolute Gasteiger partial charge is 0.468 e. The van der Waals surface area contributed by atoms with Gasteiger partial charge in [-0.3, -0.25) is 10.2 Å². The Balaban J connectivity index is 2.07. The van der Waals surface area contributed by atoms with Gasteiger partial charge in [0.25, 0.3) is 5.91 Å². The first kappa shape index (κ1) is 14.7. The number of carbonyl (C=O) groups is 2. The molecule has 2 N–H and O–H groups in total. The number of benzene rings is 2. The first-order valence-corrected chi connectivity index (χ1v) is 6.46. The predicted molar refractivity (Wildman–Crippen MR) is 78.2 cm³/mol. The standard InChI is InChI=1S/C16H16N2O3/c1-21-16(20)14(12-8-4-2-5-9-12)17-18-15(19)13-10-6-3-7-11-13/h2-11,14,17H,1H3,(H,18,19)/t14-/m0/s1. The van der Waals surface area contributed by atoms with Gasteiger partial charge in [0.15, 0.2) is 0 Å². The van der Waals surface area contributed by atoms with E-state index in [9.17, 15) is 9.59 Å². The Kier molecular flexibility index (Phi) is 5.06. The van der Waals surface area contributed by atoms with Gasteiger partial charge in [0.2, 0.25) is 0 Å². The highest BCUT2D eigenvalue weighted by Crippen LogP contribution is 2.13. The third kappa shape index (κ3) is 3.90. The lowest BCUT2D eigenvalue weighted by Gasteiger charge is -2.17. The number of rotatable bonds is 5. The van der Waals surface area contributed by atoms with Crippen LogP contribution in [-0.4, -0.2) is 19.0 Å². The molecule has 0 spiro atoms. The molecule has 1 atom stereocenters. The van der Waals surface area contributed by atoms with Crippen molar-refractivity contribution in [2.45, 2.75) is 6.04 Å². The second-order valence-electron chi connectivity index (χ2n) is 4.33. The monoisotopic (exact) mass is 284 g/mol. The fraction of sp³-hybridized carbons (Fsp3) is 0.125. The zero-order chi connectivity index (χ0) is 15.1. The molecule has 0 radical (unpaired) electrons. The van der Waals surface area contributed by atoms with Crippen LogP contribution < -0.4 is 10.9 Å². The lowest BCUT2D eigenvalue weighted by Crippen LogP contribution is -2.43. The molecule has 2 aromatic carbocycles. The van der Waals surface area contributed by atoms with Crippen molar-refractivity contribution in [3.8, 4) is 0 Å². The Bertz CT molecular complexity index is 599. The Morgan fingerprint density at radius 1 is 0.952 bits per heavy atom. The second kappa shape index (κ2) is 7.21. The number of ether oxygens (including phenoxy) is 1. The molecular weight excluding hydrogens is 268 g/mol. The molecule has 0 bridgehead atoms. The van der Waals surface area contributed by atoms with Crippen LogP contribution in [0.1, 0.15) is 22.0 Å². The van der Waals surface area contributed by atoms with Crippen LogP contribution in [0.3, 0.4) is 0 Å². The number of nitrogens with one attached hydrogen (secondary N) is 2. The molecule has 0 aliphatic rings. The minimum atomic E-state index is -0.760. The molecule has 0 heterocycles. The van der Waals surface area contributed by atoms with Gasteiger partial charge in [-0.25, -0.2) is 10.2 Å². The summed E-state index contributed by atoms with van der Waals surface area (Å²) in [5.74, 6) is -0.796. The average Bonchev–Trinajstić information content (AvgIpc) is 2.56. The zero-order valence-corrected chi connectivity index (χ0v) is 11.6. The van der Waals surface area contributed by atoms with Crippen molar-refractivity contribution in [3.05, 3.63) is 71.8 Å². The average molecular weight is 284 g/mol. The molecule has 0 aliphatic carbocycles. The summed E-state index contributed by atoms with van der Waals surface area (Å²) in [6.07, 6.45) is 0. The van der Waals surface area contributed by atoms with E-state index < -0.39 is 12.0 Å². The third-order valence-electron chi connectivity index (χ3n) is 2.94. The van der Waals surface area contributed by atoms with E-state index in [4.69, 9.17) is 4.74 Å². The van der Waals surface area contributed by atoms with Crippen LogP contribution in [0, 0.1) is 0 Å². The van der Waals surface area contributed by atoms with Crippen LogP contribution >= 0.6 is 0 Å². The molecule has 108 valence electrons. The van der Waals surface area contributed by atoms with Crippen molar-refractivity contribution >= 4 is 11.9 Å². The normalized spacial score (nSPS) is 11.5. The van der Waals surface area contributed by atoms with Crippen molar-refractivity contribution in [2.24, 2.45) is 0 Å². The molecule has 2 aromatic rings. The molecular formula is C16H16N2O3. The van der Waals surface area contributed by atoms with Crippen LogP contribution in [0.25, 0.3) is 0 Å². The molecule has 2 rings (SSSR count). The Morgan fingerprint density at radius 2 is 1.52 bits per heavy atom. The number of amides is 1. The van der Waals surface area contributed by atoms with Crippen LogP contribution in [0.5, 0.6) is 0 Å². The summed E-state index contributed by atoms with van der Waals surface area (Å²) in [4.78, 5) is 23.8. The minimum Gasteiger partial charge on any atom is -0.468 e. The summed E-state index contributed by atoms with van der Waals surface area (Å²) in [5.41, 5.74) is 6.44. The number of carbonyl (C=O) groups excluding carboxylic acids is 2. The van der Waals surface area contributed by atoms with Crippen molar-refractivity contribution in [1.29, 1.82) is 0 Å². The van der Waals surface area contributed by atoms with E-state index in [-0.39, 0.29) is 5.91 Å². The summed E-state index contributed by atoms with van der Waals surface area (Å²) >= 11 is 0. The first-order valence-electron chi connectivity index (χ1n) is 6.46. The molecule has 5 heteroatoms. The molecule has 21 heavy (non-hydrogen) atoms. The second-order valence-corrected chi connectivity index (χ2v) is 4.33. The van der Waals surface area contributed by atoms with Gasteiger partial charge in [-0.1, -0.05) is 48.5 Å². The fourth-order valence-electron chi connectivity index (χ4n) is 1.84. The van der Waals surface area contributed by atoms with E-state index in [1.165, 1.54) is 7.11 Å². The van der Waals surface area contributed by atoms with Gasteiger partial charge in [-0.2, -0.15) is 0 Å². The van der Waals surface area contributed by atoms with E-state index in [0.717, 1.165) is 0 Å². The summed E-state index contributed by atoms with van der Waals surface area (Å²) in [6, 6.07) is 17.0. The molecule has 0 saturated carbocycles. The Hall–Kier alpha value is -2.66. The van der Waals surface area contributed by atoms with Crippen LogP contribution in [0.15, 0.2) is 60.7 Å². The molecule has 1 amide bonds. The van der Waals surface area contributed by atoms with Crippen LogP contribution in [-0.2, 0) is 9.53 Å². The zero-order valence-electron chi connectivity index (χ0n) is 11.6. The van der Waals surface area contributed by atoms with Gasteiger partial charge in [0, 0.05) is 5.56 Å². The Labute approximate surface area is 122 Å². The predicted octanol–water partition coefficient (Wildman–Crippen LogP) is 1.84.